The van der Waals surface area contributed by atoms with Crippen LogP contribution in [-0.4, -0.2) is 56.0 Å². The van der Waals surface area contributed by atoms with E-state index in [-0.39, 0.29) is 17.9 Å². The molecule has 1 amide bonds. The van der Waals surface area contributed by atoms with E-state index in [1.54, 1.807) is 4.90 Å². The minimum atomic E-state index is -0.352. The summed E-state index contributed by atoms with van der Waals surface area (Å²) in [5.74, 6) is 0.317. The second-order valence-electron chi connectivity index (χ2n) is 4.83. The van der Waals surface area contributed by atoms with E-state index in [1.165, 1.54) is 0 Å². The van der Waals surface area contributed by atoms with Crippen molar-refractivity contribution in [2.45, 2.75) is 32.7 Å². The summed E-state index contributed by atoms with van der Waals surface area (Å²) in [5, 5.41) is 0. The summed E-state index contributed by atoms with van der Waals surface area (Å²) in [6.45, 7) is 5.86. The SMILES string of the molecule is CC[C@H](C)[C@H](N)C(=O)N(C)CCCN(C)C. The summed E-state index contributed by atoms with van der Waals surface area (Å²) >= 11 is 0. The first-order valence-electron chi connectivity index (χ1n) is 6.05. The smallest absolute Gasteiger partial charge is 0.239 e. The highest BCUT2D eigenvalue weighted by atomic mass is 16.2. The quantitative estimate of drug-likeness (QED) is 0.701. The van der Waals surface area contributed by atoms with E-state index >= 15 is 0 Å². The van der Waals surface area contributed by atoms with Gasteiger partial charge < -0.3 is 15.5 Å². The Kier molecular flexibility index (Phi) is 7.34. The molecule has 0 unspecified atom stereocenters. The number of nitrogens with zero attached hydrogens (tertiary/aromatic N) is 2. The first kappa shape index (κ1) is 15.4. The number of nitrogens with two attached hydrogens (primary N) is 1. The first-order chi connectivity index (χ1) is 7.40. The fourth-order valence-corrected chi connectivity index (χ4v) is 1.49. The van der Waals surface area contributed by atoms with E-state index in [1.807, 2.05) is 28.1 Å². The number of carbonyl (C=O) groups is 1. The van der Waals surface area contributed by atoms with Crippen LogP contribution in [-0.2, 0) is 4.79 Å². The van der Waals surface area contributed by atoms with Gasteiger partial charge >= 0.3 is 0 Å². The third-order valence-electron chi connectivity index (χ3n) is 3.02. The standard InChI is InChI=1S/C12H27N3O/c1-6-10(2)11(13)12(16)15(5)9-7-8-14(3)4/h10-11H,6-9,13H2,1-5H3/t10-,11-/m0/s1. The number of rotatable bonds is 7. The van der Waals surface area contributed by atoms with Gasteiger partial charge in [-0.25, -0.2) is 0 Å². The van der Waals surface area contributed by atoms with Crippen molar-refractivity contribution >= 4 is 5.91 Å². The second kappa shape index (κ2) is 7.63. The number of carbonyl (C=O) groups excluding carboxylic acids is 1. The van der Waals surface area contributed by atoms with E-state index < -0.39 is 0 Å². The molecule has 0 aromatic carbocycles. The monoisotopic (exact) mass is 229 g/mol. The molecule has 4 heteroatoms. The van der Waals surface area contributed by atoms with Crippen LogP contribution in [0.2, 0.25) is 0 Å². The van der Waals surface area contributed by atoms with Gasteiger partial charge in [-0.05, 0) is 33.0 Å². The molecule has 2 N–H and O–H groups in total. The van der Waals surface area contributed by atoms with Gasteiger partial charge in [-0.15, -0.1) is 0 Å². The van der Waals surface area contributed by atoms with E-state index in [2.05, 4.69) is 11.8 Å². The lowest BCUT2D eigenvalue weighted by molar-refractivity contribution is -0.132. The van der Waals surface area contributed by atoms with Crippen molar-refractivity contribution in [3.05, 3.63) is 0 Å². The van der Waals surface area contributed by atoms with Gasteiger partial charge in [0, 0.05) is 13.6 Å². The molecule has 0 aromatic heterocycles. The van der Waals surface area contributed by atoms with E-state index in [0.29, 0.717) is 0 Å². The van der Waals surface area contributed by atoms with Crippen LogP contribution >= 0.6 is 0 Å². The van der Waals surface area contributed by atoms with Crippen molar-refractivity contribution in [1.82, 2.24) is 9.80 Å². The molecule has 0 bridgehead atoms. The molecule has 0 heterocycles. The van der Waals surface area contributed by atoms with Crippen molar-refractivity contribution in [2.75, 3.05) is 34.2 Å². The van der Waals surface area contributed by atoms with Crippen molar-refractivity contribution < 1.29 is 4.79 Å². The number of amides is 1. The zero-order valence-corrected chi connectivity index (χ0v) is 11.4. The molecule has 0 rings (SSSR count). The fraction of sp³-hybridized carbons (Fsp3) is 0.917. The minimum Gasteiger partial charge on any atom is -0.344 e. The van der Waals surface area contributed by atoms with Gasteiger partial charge in [0.05, 0.1) is 6.04 Å². The van der Waals surface area contributed by atoms with Crippen LogP contribution in [0.15, 0.2) is 0 Å². The molecule has 96 valence electrons. The predicted octanol–water partition coefficient (Wildman–Crippen LogP) is 0.770. The molecule has 0 aliphatic rings. The highest BCUT2D eigenvalue weighted by molar-refractivity contribution is 5.81. The Hall–Kier alpha value is -0.610. The maximum Gasteiger partial charge on any atom is 0.239 e. The molecule has 0 aliphatic heterocycles. The minimum absolute atomic E-state index is 0.0631. The third kappa shape index (κ3) is 5.47. The van der Waals surface area contributed by atoms with Crippen LogP contribution < -0.4 is 5.73 Å². The lowest BCUT2D eigenvalue weighted by Crippen LogP contribution is -2.46. The Morgan fingerprint density at radius 3 is 2.25 bits per heavy atom. The normalized spacial score (nSPS) is 14.9. The van der Waals surface area contributed by atoms with Crippen LogP contribution in [0.1, 0.15) is 26.7 Å². The van der Waals surface area contributed by atoms with Gasteiger partial charge in [0.1, 0.15) is 0 Å². The highest BCUT2D eigenvalue weighted by Crippen LogP contribution is 2.07. The van der Waals surface area contributed by atoms with Gasteiger partial charge in [-0.1, -0.05) is 20.3 Å². The molecule has 0 aromatic rings. The summed E-state index contributed by atoms with van der Waals surface area (Å²) in [6.07, 6.45) is 1.93. The molecule has 0 radical (unpaired) electrons. The zero-order chi connectivity index (χ0) is 12.7. The summed E-state index contributed by atoms with van der Waals surface area (Å²) in [5.41, 5.74) is 5.90. The molecule has 4 nitrogen and oxygen atoms in total. The predicted molar refractivity (Wildman–Crippen MR) is 68.2 cm³/mol. The average Bonchev–Trinajstić information content (AvgIpc) is 2.25. The second-order valence-corrected chi connectivity index (χ2v) is 4.83. The number of hydrogen-bond acceptors (Lipinski definition) is 3. The van der Waals surface area contributed by atoms with Crippen molar-refractivity contribution in [2.24, 2.45) is 11.7 Å². The molecule has 0 fully saturated rings. The van der Waals surface area contributed by atoms with Crippen molar-refractivity contribution in [1.29, 1.82) is 0 Å². The van der Waals surface area contributed by atoms with Gasteiger partial charge in [0.15, 0.2) is 0 Å². The number of hydrogen-bond donors (Lipinski definition) is 1. The summed E-state index contributed by atoms with van der Waals surface area (Å²) < 4.78 is 0. The van der Waals surface area contributed by atoms with Gasteiger partial charge in [-0.3, -0.25) is 4.79 Å². The largest absolute Gasteiger partial charge is 0.344 e. The van der Waals surface area contributed by atoms with Crippen LogP contribution in [0.3, 0.4) is 0 Å². The van der Waals surface area contributed by atoms with E-state index in [9.17, 15) is 4.79 Å². The summed E-state index contributed by atoms with van der Waals surface area (Å²) in [7, 11) is 5.90. The topological polar surface area (TPSA) is 49.6 Å². The van der Waals surface area contributed by atoms with Gasteiger partial charge in [0.2, 0.25) is 5.91 Å². The third-order valence-corrected chi connectivity index (χ3v) is 3.02. The first-order valence-corrected chi connectivity index (χ1v) is 6.05. The maximum atomic E-state index is 11.9. The fourth-order valence-electron chi connectivity index (χ4n) is 1.49. The lowest BCUT2D eigenvalue weighted by atomic mass is 9.99. The molecule has 0 spiro atoms. The summed E-state index contributed by atoms with van der Waals surface area (Å²) in [4.78, 5) is 15.8. The van der Waals surface area contributed by atoms with E-state index in [0.717, 1.165) is 25.9 Å². The van der Waals surface area contributed by atoms with Crippen molar-refractivity contribution in [3.63, 3.8) is 0 Å². The average molecular weight is 229 g/mol. The Bertz CT molecular complexity index is 206. The lowest BCUT2D eigenvalue weighted by Gasteiger charge is -2.25. The summed E-state index contributed by atoms with van der Waals surface area (Å²) in [6, 6.07) is -0.352. The van der Waals surface area contributed by atoms with Crippen LogP contribution in [0.4, 0.5) is 0 Å². The molecule has 0 aliphatic carbocycles. The molecular formula is C12H27N3O. The maximum absolute atomic E-state index is 11.9. The van der Waals surface area contributed by atoms with E-state index in [4.69, 9.17) is 5.73 Å². The molecule has 16 heavy (non-hydrogen) atoms. The number of likely N-dealkylation sites (N-methyl/N-ethyl adjacent to an activating group) is 1. The Labute approximate surface area is 99.8 Å². The van der Waals surface area contributed by atoms with Crippen LogP contribution in [0.5, 0.6) is 0 Å². The van der Waals surface area contributed by atoms with Crippen LogP contribution in [0.25, 0.3) is 0 Å². The van der Waals surface area contributed by atoms with Gasteiger partial charge in [-0.2, -0.15) is 0 Å². The zero-order valence-electron chi connectivity index (χ0n) is 11.4. The van der Waals surface area contributed by atoms with Crippen LogP contribution in [0, 0.1) is 5.92 Å². The van der Waals surface area contributed by atoms with Gasteiger partial charge in [0.25, 0.3) is 0 Å². The Morgan fingerprint density at radius 1 is 1.25 bits per heavy atom. The molecular weight excluding hydrogens is 202 g/mol. The Morgan fingerprint density at radius 2 is 1.81 bits per heavy atom. The molecule has 0 saturated carbocycles. The Balaban J connectivity index is 3.98. The highest BCUT2D eigenvalue weighted by Gasteiger charge is 2.22. The molecule has 2 atom stereocenters. The molecule has 0 saturated heterocycles. The van der Waals surface area contributed by atoms with Crippen molar-refractivity contribution in [3.8, 4) is 0 Å².